The number of carbonyl (C=O) groups excluding carboxylic acids is 1. The summed E-state index contributed by atoms with van der Waals surface area (Å²) in [7, 11) is 0. The third kappa shape index (κ3) is 3.35. The van der Waals surface area contributed by atoms with Crippen LogP contribution in [0.2, 0.25) is 0 Å². The zero-order valence-electron chi connectivity index (χ0n) is 13.0. The van der Waals surface area contributed by atoms with Gasteiger partial charge in [0.2, 0.25) is 0 Å². The maximum Gasteiger partial charge on any atom is 0.268 e. The number of aromatic nitrogens is 1. The predicted molar refractivity (Wildman–Crippen MR) is 82.0 cm³/mol. The molecule has 2 rings (SSSR count). The number of benzene rings is 1. The topological polar surface area (TPSA) is 34.0 Å². The van der Waals surface area contributed by atoms with Crippen LogP contribution in [0.25, 0.3) is 0 Å². The summed E-state index contributed by atoms with van der Waals surface area (Å²) in [5.41, 5.74) is 2.95. The fourth-order valence-corrected chi connectivity index (χ4v) is 2.50. The number of hydrogen-bond acceptors (Lipinski definition) is 1. The van der Waals surface area contributed by atoms with E-state index in [0.717, 1.165) is 29.8 Å². The molecule has 1 heterocycles. The molecular formula is C17H20F2N2O. The van der Waals surface area contributed by atoms with Crippen LogP contribution in [-0.2, 0) is 6.54 Å². The minimum atomic E-state index is -0.879. The first-order valence-electron chi connectivity index (χ1n) is 7.33. The summed E-state index contributed by atoms with van der Waals surface area (Å²) in [5.74, 6) is -1.89. The van der Waals surface area contributed by atoms with E-state index >= 15 is 0 Å². The molecule has 118 valence electrons. The van der Waals surface area contributed by atoms with Crippen molar-refractivity contribution in [1.82, 2.24) is 9.88 Å². The highest BCUT2D eigenvalue weighted by molar-refractivity contribution is 5.94. The van der Waals surface area contributed by atoms with Crippen LogP contribution in [0.4, 0.5) is 8.78 Å². The molecule has 1 amide bonds. The highest BCUT2D eigenvalue weighted by Crippen LogP contribution is 2.18. The van der Waals surface area contributed by atoms with E-state index in [-0.39, 0.29) is 5.91 Å². The number of rotatable bonds is 5. The average molecular weight is 306 g/mol. The fraction of sp³-hybridized carbons (Fsp3) is 0.353. The van der Waals surface area contributed by atoms with Gasteiger partial charge in [0.15, 0.2) is 11.6 Å². The van der Waals surface area contributed by atoms with Crippen molar-refractivity contribution in [1.29, 1.82) is 0 Å². The van der Waals surface area contributed by atoms with Crippen molar-refractivity contribution in [3.05, 3.63) is 58.4 Å². The summed E-state index contributed by atoms with van der Waals surface area (Å²) in [5, 5.41) is 2.86. The highest BCUT2D eigenvalue weighted by atomic mass is 19.2. The molecule has 0 atom stereocenters. The van der Waals surface area contributed by atoms with Crippen LogP contribution >= 0.6 is 0 Å². The van der Waals surface area contributed by atoms with Crippen molar-refractivity contribution < 1.29 is 13.6 Å². The number of carbonyl (C=O) groups is 1. The number of halogens is 2. The van der Waals surface area contributed by atoms with E-state index < -0.39 is 11.6 Å². The Kier molecular flexibility index (Phi) is 4.96. The summed E-state index contributed by atoms with van der Waals surface area (Å²) in [6.07, 6.45) is 0.855. The standard InChI is InChI=1S/C17H20F2N2O/c1-4-7-20-17(22)16-11(2)8-12(3)21(16)10-13-5-6-14(18)15(19)9-13/h5-6,8-9H,4,7,10H2,1-3H3,(H,20,22). The fourth-order valence-electron chi connectivity index (χ4n) is 2.50. The quantitative estimate of drug-likeness (QED) is 0.900. The van der Waals surface area contributed by atoms with Crippen molar-refractivity contribution in [2.45, 2.75) is 33.7 Å². The number of nitrogens with one attached hydrogen (secondary N) is 1. The van der Waals surface area contributed by atoms with Gasteiger partial charge in [-0.15, -0.1) is 0 Å². The molecule has 1 aromatic carbocycles. The van der Waals surface area contributed by atoms with Crippen LogP contribution in [-0.4, -0.2) is 17.0 Å². The number of aryl methyl sites for hydroxylation is 2. The second-order valence-corrected chi connectivity index (χ2v) is 5.41. The van der Waals surface area contributed by atoms with Crippen LogP contribution in [0.5, 0.6) is 0 Å². The van der Waals surface area contributed by atoms with Crippen LogP contribution in [0.15, 0.2) is 24.3 Å². The molecule has 5 heteroatoms. The molecule has 22 heavy (non-hydrogen) atoms. The van der Waals surface area contributed by atoms with Gasteiger partial charge in [0.25, 0.3) is 5.91 Å². The zero-order valence-corrected chi connectivity index (χ0v) is 13.0. The molecule has 0 saturated carbocycles. The molecular weight excluding hydrogens is 286 g/mol. The monoisotopic (exact) mass is 306 g/mol. The molecule has 0 saturated heterocycles. The van der Waals surface area contributed by atoms with Gasteiger partial charge in [-0.25, -0.2) is 8.78 Å². The van der Waals surface area contributed by atoms with Gasteiger partial charge in [0.1, 0.15) is 5.69 Å². The number of amides is 1. The van der Waals surface area contributed by atoms with E-state index in [0.29, 0.717) is 24.3 Å². The van der Waals surface area contributed by atoms with Gasteiger partial charge >= 0.3 is 0 Å². The summed E-state index contributed by atoms with van der Waals surface area (Å²) >= 11 is 0. The third-order valence-electron chi connectivity index (χ3n) is 3.57. The Labute approximate surface area is 129 Å². The Morgan fingerprint density at radius 1 is 1.18 bits per heavy atom. The Morgan fingerprint density at radius 2 is 1.91 bits per heavy atom. The molecule has 0 bridgehead atoms. The van der Waals surface area contributed by atoms with Crippen molar-refractivity contribution >= 4 is 5.91 Å². The lowest BCUT2D eigenvalue weighted by molar-refractivity contribution is 0.0944. The largest absolute Gasteiger partial charge is 0.351 e. The molecule has 0 fully saturated rings. The third-order valence-corrected chi connectivity index (χ3v) is 3.57. The Hall–Kier alpha value is -2.17. The van der Waals surface area contributed by atoms with Gasteiger partial charge in [-0.05, 0) is 49.6 Å². The van der Waals surface area contributed by atoms with Gasteiger partial charge in [0.05, 0.1) is 0 Å². The van der Waals surface area contributed by atoms with Crippen LogP contribution in [0, 0.1) is 25.5 Å². The van der Waals surface area contributed by atoms with Gasteiger partial charge in [-0.2, -0.15) is 0 Å². The summed E-state index contributed by atoms with van der Waals surface area (Å²) in [4.78, 5) is 12.3. The molecule has 0 unspecified atom stereocenters. The van der Waals surface area contributed by atoms with E-state index in [1.54, 1.807) is 0 Å². The highest BCUT2D eigenvalue weighted by Gasteiger charge is 2.17. The number of nitrogens with zero attached hydrogens (tertiary/aromatic N) is 1. The Morgan fingerprint density at radius 3 is 2.55 bits per heavy atom. The lowest BCUT2D eigenvalue weighted by atomic mass is 10.2. The maximum absolute atomic E-state index is 13.3. The normalized spacial score (nSPS) is 10.8. The molecule has 3 nitrogen and oxygen atoms in total. The van der Waals surface area contributed by atoms with E-state index in [1.807, 2.05) is 31.4 Å². The first-order chi connectivity index (χ1) is 10.4. The second-order valence-electron chi connectivity index (χ2n) is 5.41. The van der Waals surface area contributed by atoms with Crippen molar-refractivity contribution in [2.75, 3.05) is 6.54 Å². The second kappa shape index (κ2) is 6.73. The van der Waals surface area contributed by atoms with Gasteiger partial charge in [-0.1, -0.05) is 13.0 Å². The minimum Gasteiger partial charge on any atom is -0.351 e. The van der Waals surface area contributed by atoms with Crippen LogP contribution in [0.1, 0.15) is 40.7 Å². The molecule has 0 aliphatic heterocycles. The first kappa shape index (κ1) is 16.2. The first-order valence-corrected chi connectivity index (χ1v) is 7.33. The minimum absolute atomic E-state index is 0.143. The molecule has 0 aliphatic carbocycles. The molecule has 0 aliphatic rings. The molecule has 0 spiro atoms. The smallest absolute Gasteiger partial charge is 0.268 e. The lowest BCUT2D eigenvalue weighted by Crippen LogP contribution is -2.27. The van der Waals surface area contributed by atoms with E-state index in [1.165, 1.54) is 6.07 Å². The van der Waals surface area contributed by atoms with E-state index in [9.17, 15) is 13.6 Å². The Bertz CT molecular complexity index is 692. The van der Waals surface area contributed by atoms with Gasteiger partial charge < -0.3 is 9.88 Å². The SMILES string of the molecule is CCCNC(=O)c1c(C)cc(C)n1Cc1ccc(F)c(F)c1. The molecule has 0 radical (unpaired) electrons. The van der Waals surface area contributed by atoms with Gasteiger partial charge in [-0.3, -0.25) is 4.79 Å². The maximum atomic E-state index is 13.3. The van der Waals surface area contributed by atoms with E-state index in [4.69, 9.17) is 0 Å². The predicted octanol–water partition coefficient (Wildman–Crippen LogP) is 3.57. The van der Waals surface area contributed by atoms with Crippen molar-refractivity contribution in [3.8, 4) is 0 Å². The van der Waals surface area contributed by atoms with Crippen LogP contribution in [0.3, 0.4) is 0 Å². The molecule has 1 N–H and O–H groups in total. The summed E-state index contributed by atoms with van der Waals surface area (Å²) in [6.45, 7) is 6.68. The van der Waals surface area contributed by atoms with Crippen LogP contribution < -0.4 is 5.32 Å². The summed E-state index contributed by atoms with van der Waals surface area (Å²) < 4.78 is 28.2. The molecule has 2 aromatic rings. The lowest BCUT2D eigenvalue weighted by Gasteiger charge is -2.13. The van der Waals surface area contributed by atoms with Crippen molar-refractivity contribution in [3.63, 3.8) is 0 Å². The number of hydrogen-bond donors (Lipinski definition) is 1. The van der Waals surface area contributed by atoms with Gasteiger partial charge in [0, 0.05) is 18.8 Å². The summed E-state index contributed by atoms with van der Waals surface area (Å²) in [6, 6.07) is 5.71. The van der Waals surface area contributed by atoms with Crippen molar-refractivity contribution in [2.24, 2.45) is 0 Å². The molecule has 1 aromatic heterocycles. The van der Waals surface area contributed by atoms with E-state index in [2.05, 4.69) is 5.32 Å². The zero-order chi connectivity index (χ0) is 16.3. The average Bonchev–Trinajstić information content (AvgIpc) is 2.74. The Balaban J connectivity index is 2.34.